The van der Waals surface area contributed by atoms with Crippen molar-refractivity contribution in [3.8, 4) is 0 Å². The average Bonchev–Trinajstić information content (AvgIpc) is 2.52. The largest absolute Gasteiger partial charge is 0.386 e. The SMILES string of the molecule is Cc1cc(NC(=O)NCC(O)c2c(F)cccc2F)ccc1N(C)C. The minimum Gasteiger partial charge on any atom is -0.386 e. The molecule has 5 nitrogen and oxygen atoms in total. The van der Waals surface area contributed by atoms with Gasteiger partial charge in [-0.1, -0.05) is 6.07 Å². The molecule has 0 heterocycles. The van der Waals surface area contributed by atoms with E-state index in [9.17, 15) is 18.7 Å². The predicted octanol–water partition coefficient (Wildman–Crippen LogP) is 3.19. The standard InChI is InChI=1S/C18H21F2N3O2/c1-11-9-12(7-8-15(11)23(2)3)22-18(25)21-10-16(24)17-13(19)5-4-6-14(17)20/h4-9,16,24H,10H2,1-3H3,(H2,21,22,25). The summed E-state index contributed by atoms with van der Waals surface area (Å²) in [5, 5.41) is 14.9. The zero-order valence-corrected chi connectivity index (χ0v) is 14.3. The Kier molecular flexibility index (Phi) is 5.93. The first-order valence-corrected chi connectivity index (χ1v) is 7.74. The molecule has 0 spiro atoms. The van der Waals surface area contributed by atoms with Crippen molar-refractivity contribution in [2.75, 3.05) is 30.9 Å². The molecule has 2 amide bonds. The molecule has 0 fully saturated rings. The van der Waals surface area contributed by atoms with Gasteiger partial charge < -0.3 is 20.6 Å². The number of carbonyl (C=O) groups excluding carboxylic acids is 1. The Hall–Kier alpha value is -2.67. The Morgan fingerprint density at radius 2 is 1.84 bits per heavy atom. The number of urea groups is 1. The number of carbonyl (C=O) groups is 1. The third kappa shape index (κ3) is 4.67. The summed E-state index contributed by atoms with van der Waals surface area (Å²) >= 11 is 0. The number of aliphatic hydroxyl groups excluding tert-OH is 1. The molecular formula is C18H21F2N3O2. The zero-order valence-electron chi connectivity index (χ0n) is 14.3. The van der Waals surface area contributed by atoms with Crippen LogP contribution in [-0.4, -0.2) is 31.8 Å². The van der Waals surface area contributed by atoms with Crippen molar-refractivity contribution in [2.45, 2.75) is 13.0 Å². The molecule has 2 rings (SSSR count). The van der Waals surface area contributed by atoms with Gasteiger partial charge in [0.1, 0.15) is 17.7 Å². The molecule has 3 N–H and O–H groups in total. The fraction of sp³-hybridized carbons (Fsp3) is 0.278. The second-order valence-corrected chi connectivity index (χ2v) is 5.88. The van der Waals surface area contributed by atoms with Crippen LogP contribution in [-0.2, 0) is 0 Å². The Labute approximate surface area is 145 Å². The lowest BCUT2D eigenvalue weighted by atomic mass is 10.1. The number of nitrogens with one attached hydrogen (secondary N) is 2. The molecule has 0 aliphatic heterocycles. The minimum absolute atomic E-state index is 0.321. The number of anilines is 2. The number of halogens is 2. The van der Waals surface area contributed by atoms with Crippen LogP contribution in [0.2, 0.25) is 0 Å². The average molecular weight is 349 g/mol. The highest BCUT2D eigenvalue weighted by molar-refractivity contribution is 5.89. The molecule has 1 atom stereocenters. The number of hydrogen-bond donors (Lipinski definition) is 3. The van der Waals surface area contributed by atoms with E-state index in [2.05, 4.69) is 10.6 Å². The molecule has 134 valence electrons. The van der Waals surface area contributed by atoms with Crippen molar-refractivity contribution in [1.82, 2.24) is 5.32 Å². The first kappa shape index (κ1) is 18.7. The molecular weight excluding hydrogens is 328 g/mol. The lowest BCUT2D eigenvalue weighted by Gasteiger charge is -2.17. The number of hydrogen-bond acceptors (Lipinski definition) is 3. The molecule has 0 saturated heterocycles. The number of aliphatic hydroxyl groups is 1. The molecule has 25 heavy (non-hydrogen) atoms. The quantitative estimate of drug-likeness (QED) is 0.777. The van der Waals surface area contributed by atoms with Gasteiger partial charge in [-0.25, -0.2) is 13.6 Å². The number of benzene rings is 2. The molecule has 0 aliphatic rings. The van der Waals surface area contributed by atoms with Gasteiger partial charge >= 0.3 is 6.03 Å². The fourth-order valence-corrected chi connectivity index (χ4v) is 2.53. The monoisotopic (exact) mass is 349 g/mol. The van der Waals surface area contributed by atoms with E-state index in [0.29, 0.717) is 5.69 Å². The Morgan fingerprint density at radius 1 is 1.20 bits per heavy atom. The lowest BCUT2D eigenvalue weighted by Crippen LogP contribution is -2.32. The van der Waals surface area contributed by atoms with Gasteiger partial charge in [-0.05, 0) is 42.8 Å². The maximum absolute atomic E-state index is 13.6. The maximum Gasteiger partial charge on any atom is 0.319 e. The lowest BCUT2D eigenvalue weighted by molar-refractivity contribution is 0.166. The van der Waals surface area contributed by atoms with Gasteiger partial charge in [-0.2, -0.15) is 0 Å². The molecule has 0 bridgehead atoms. The number of rotatable bonds is 5. The van der Waals surface area contributed by atoms with Gasteiger partial charge in [-0.15, -0.1) is 0 Å². The summed E-state index contributed by atoms with van der Waals surface area (Å²) in [7, 11) is 3.84. The van der Waals surface area contributed by atoms with E-state index in [-0.39, 0.29) is 6.54 Å². The van der Waals surface area contributed by atoms with Gasteiger partial charge in [0.15, 0.2) is 0 Å². The Balaban J connectivity index is 1.96. The van der Waals surface area contributed by atoms with Crippen molar-refractivity contribution < 1.29 is 18.7 Å². The Bertz CT molecular complexity index is 746. The van der Waals surface area contributed by atoms with Crippen molar-refractivity contribution in [3.05, 3.63) is 59.2 Å². The summed E-state index contributed by atoms with van der Waals surface area (Å²) < 4.78 is 27.2. The molecule has 1 unspecified atom stereocenters. The summed E-state index contributed by atoms with van der Waals surface area (Å²) in [5.41, 5.74) is 2.12. The molecule has 0 aromatic heterocycles. The summed E-state index contributed by atoms with van der Waals surface area (Å²) in [6.45, 7) is 1.60. The van der Waals surface area contributed by atoms with Crippen LogP contribution in [0.3, 0.4) is 0 Å². The number of nitrogens with zero attached hydrogens (tertiary/aromatic N) is 1. The molecule has 2 aromatic rings. The summed E-state index contributed by atoms with van der Waals surface area (Å²) in [6, 6.07) is 8.16. The van der Waals surface area contributed by atoms with Crippen LogP contribution in [0.5, 0.6) is 0 Å². The van der Waals surface area contributed by atoms with Gasteiger partial charge in [0.05, 0.1) is 5.56 Å². The normalized spacial score (nSPS) is 11.8. The van der Waals surface area contributed by atoms with Crippen LogP contribution >= 0.6 is 0 Å². The molecule has 0 radical (unpaired) electrons. The van der Waals surface area contributed by atoms with Crippen molar-refractivity contribution in [1.29, 1.82) is 0 Å². The van der Waals surface area contributed by atoms with Crippen molar-refractivity contribution >= 4 is 17.4 Å². The minimum atomic E-state index is -1.48. The number of amides is 2. The van der Waals surface area contributed by atoms with Gasteiger partial charge in [-0.3, -0.25) is 0 Å². The van der Waals surface area contributed by atoms with E-state index >= 15 is 0 Å². The fourth-order valence-electron chi connectivity index (χ4n) is 2.53. The summed E-state index contributed by atoms with van der Waals surface area (Å²) in [6.07, 6.45) is -1.48. The second kappa shape index (κ2) is 7.94. The highest BCUT2D eigenvalue weighted by Crippen LogP contribution is 2.22. The van der Waals surface area contributed by atoms with E-state index in [0.717, 1.165) is 23.4 Å². The second-order valence-electron chi connectivity index (χ2n) is 5.88. The van der Waals surface area contributed by atoms with Gasteiger partial charge in [0.2, 0.25) is 0 Å². The van der Waals surface area contributed by atoms with Crippen LogP contribution in [0, 0.1) is 18.6 Å². The summed E-state index contributed by atoms with van der Waals surface area (Å²) in [4.78, 5) is 13.9. The highest BCUT2D eigenvalue weighted by atomic mass is 19.1. The summed E-state index contributed by atoms with van der Waals surface area (Å²) in [5.74, 6) is -1.71. The van der Waals surface area contributed by atoms with Crippen molar-refractivity contribution in [3.63, 3.8) is 0 Å². The molecule has 7 heteroatoms. The van der Waals surface area contributed by atoms with Crippen molar-refractivity contribution in [2.24, 2.45) is 0 Å². The van der Waals surface area contributed by atoms with E-state index in [1.165, 1.54) is 6.07 Å². The molecule has 0 saturated carbocycles. The van der Waals surface area contributed by atoms with E-state index < -0.39 is 29.3 Å². The van der Waals surface area contributed by atoms with Crippen LogP contribution in [0.4, 0.5) is 25.0 Å². The third-order valence-electron chi connectivity index (χ3n) is 3.73. The zero-order chi connectivity index (χ0) is 18.6. The van der Waals surface area contributed by atoms with Crippen LogP contribution in [0.15, 0.2) is 36.4 Å². The smallest absolute Gasteiger partial charge is 0.319 e. The third-order valence-corrected chi connectivity index (χ3v) is 3.73. The highest BCUT2D eigenvalue weighted by Gasteiger charge is 2.18. The number of aryl methyl sites for hydroxylation is 1. The van der Waals surface area contributed by atoms with Crippen LogP contribution in [0.25, 0.3) is 0 Å². The van der Waals surface area contributed by atoms with Gasteiger partial charge in [0, 0.05) is 32.0 Å². The molecule has 2 aromatic carbocycles. The van der Waals surface area contributed by atoms with E-state index in [4.69, 9.17) is 0 Å². The van der Waals surface area contributed by atoms with Crippen LogP contribution < -0.4 is 15.5 Å². The predicted molar refractivity (Wildman–Crippen MR) is 93.8 cm³/mol. The van der Waals surface area contributed by atoms with E-state index in [1.807, 2.05) is 38.1 Å². The first-order valence-electron chi connectivity index (χ1n) is 7.74. The topological polar surface area (TPSA) is 64.6 Å². The Morgan fingerprint density at radius 3 is 2.40 bits per heavy atom. The van der Waals surface area contributed by atoms with Crippen LogP contribution in [0.1, 0.15) is 17.2 Å². The van der Waals surface area contributed by atoms with E-state index in [1.54, 1.807) is 6.07 Å². The maximum atomic E-state index is 13.6. The van der Waals surface area contributed by atoms with Gasteiger partial charge in [0.25, 0.3) is 0 Å². The molecule has 0 aliphatic carbocycles. The first-order chi connectivity index (χ1) is 11.8.